The number of fused-ring (bicyclic) bond motifs is 1. The van der Waals surface area contributed by atoms with Crippen LogP contribution in [0.25, 0.3) is 0 Å². The summed E-state index contributed by atoms with van der Waals surface area (Å²) in [7, 11) is 0. The highest BCUT2D eigenvalue weighted by Crippen LogP contribution is 2.46. The van der Waals surface area contributed by atoms with Crippen LogP contribution in [0.1, 0.15) is 28.3 Å². The molecule has 0 spiro atoms. The fourth-order valence-corrected chi connectivity index (χ4v) is 3.55. The third-order valence-electron chi connectivity index (χ3n) is 4.70. The molecular weight excluding hydrogens is 395 g/mol. The number of hydrogen-bond donors (Lipinski definition) is 2. The number of aromatic amines is 1. The van der Waals surface area contributed by atoms with Crippen LogP contribution >= 0.6 is 11.6 Å². The number of hydrogen-bond acceptors (Lipinski definition) is 5. The maximum absolute atomic E-state index is 13.5. The number of aryl methyl sites for hydroxylation is 1. The van der Waals surface area contributed by atoms with Gasteiger partial charge >= 0.3 is 0 Å². The Morgan fingerprint density at radius 1 is 1.34 bits per heavy atom. The molecule has 0 amide bonds. The van der Waals surface area contributed by atoms with Gasteiger partial charge in [-0.2, -0.15) is 5.26 Å². The van der Waals surface area contributed by atoms with Gasteiger partial charge in [0.2, 0.25) is 11.8 Å². The summed E-state index contributed by atoms with van der Waals surface area (Å²) in [4.78, 5) is 0. The van der Waals surface area contributed by atoms with Gasteiger partial charge in [-0.05, 0) is 42.8 Å². The van der Waals surface area contributed by atoms with Crippen LogP contribution < -0.4 is 15.2 Å². The van der Waals surface area contributed by atoms with Crippen molar-refractivity contribution in [3.05, 3.63) is 87.1 Å². The Hall–Kier alpha value is -3.50. The Balaban J connectivity index is 1.79. The lowest BCUT2D eigenvalue weighted by molar-refractivity contribution is 0.301. The van der Waals surface area contributed by atoms with Crippen molar-refractivity contribution in [2.45, 2.75) is 19.4 Å². The molecule has 0 saturated carbocycles. The minimum Gasteiger partial charge on any atom is -0.489 e. The molecule has 0 saturated heterocycles. The fraction of sp³-hybridized carbons (Fsp3) is 0.143. The number of benzene rings is 2. The van der Waals surface area contributed by atoms with Gasteiger partial charge in [0.05, 0.1) is 5.92 Å². The van der Waals surface area contributed by atoms with E-state index in [9.17, 15) is 9.65 Å². The first-order valence-electron chi connectivity index (χ1n) is 8.77. The second-order valence-electron chi connectivity index (χ2n) is 6.59. The molecule has 146 valence electrons. The SMILES string of the molecule is Cc1[nH]nc2c1[C@H](c1cc(Cl)ccc1OCc1cccc(F)c1)C(C#N)=C(N)O2. The van der Waals surface area contributed by atoms with Gasteiger partial charge in [0, 0.05) is 21.8 Å². The van der Waals surface area contributed by atoms with Crippen molar-refractivity contribution in [1.82, 2.24) is 10.2 Å². The first kappa shape index (κ1) is 18.8. The van der Waals surface area contributed by atoms with Gasteiger partial charge in [-0.1, -0.05) is 23.7 Å². The summed E-state index contributed by atoms with van der Waals surface area (Å²) >= 11 is 6.25. The van der Waals surface area contributed by atoms with E-state index >= 15 is 0 Å². The maximum Gasteiger partial charge on any atom is 0.244 e. The van der Waals surface area contributed by atoms with Crippen LogP contribution in [0.3, 0.4) is 0 Å². The van der Waals surface area contributed by atoms with Gasteiger partial charge in [0.15, 0.2) is 0 Å². The number of nitrogens with one attached hydrogen (secondary N) is 1. The van der Waals surface area contributed by atoms with Gasteiger partial charge in [-0.3, -0.25) is 5.10 Å². The van der Waals surface area contributed by atoms with E-state index in [1.807, 2.05) is 6.92 Å². The van der Waals surface area contributed by atoms with Crippen molar-refractivity contribution in [3.8, 4) is 17.7 Å². The molecule has 0 unspecified atom stereocenters. The Morgan fingerprint density at radius 3 is 2.93 bits per heavy atom. The highest BCUT2D eigenvalue weighted by molar-refractivity contribution is 6.30. The number of nitrogens with zero attached hydrogens (tertiary/aromatic N) is 2. The topological polar surface area (TPSA) is 97.0 Å². The molecule has 6 nitrogen and oxygen atoms in total. The molecule has 0 aliphatic carbocycles. The van der Waals surface area contributed by atoms with Crippen LogP contribution in [-0.4, -0.2) is 10.2 Å². The first-order valence-corrected chi connectivity index (χ1v) is 9.15. The van der Waals surface area contributed by atoms with Crippen LogP contribution in [0.2, 0.25) is 5.02 Å². The van der Waals surface area contributed by atoms with Crippen LogP contribution in [0.15, 0.2) is 53.9 Å². The molecular formula is C21H16ClFN4O2. The lowest BCUT2D eigenvalue weighted by Gasteiger charge is -2.25. The summed E-state index contributed by atoms with van der Waals surface area (Å²) in [5, 5.41) is 17.2. The summed E-state index contributed by atoms with van der Waals surface area (Å²) in [6.07, 6.45) is 0. The van der Waals surface area contributed by atoms with Crippen molar-refractivity contribution in [2.24, 2.45) is 5.73 Å². The van der Waals surface area contributed by atoms with Gasteiger partial charge in [0.25, 0.3) is 0 Å². The van der Waals surface area contributed by atoms with Crippen molar-refractivity contribution in [3.63, 3.8) is 0 Å². The number of H-pyrrole nitrogens is 1. The second-order valence-corrected chi connectivity index (χ2v) is 7.03. The summed E-state index contributed by atoms with van der Waals surface area (Å²) < 4.78 is 25.0. The number of ether oxygens (including phenoxy) is 2. The normalized spacial score (nSPS) is 15.4. The van der Waals surface area contributed by atoms with E-state index in [1.165, 1.54) is 12.1 Å². The molecule has 4 rings (SSSR count). The van der Waals surface area contributed by atoms with E-state index in [1.54, 1.807) is 30.3 Å². The highest BCUT2D eigenvalue weighted by Gasteiger charge is 2.36. The molecule has 1 aliphatic heterocycles. The molecule has 2 heterocycles. The van der Waals surface area contributed by atoms with Crippen LogP contribution in [0.5, 0.6) is 11.6 Å². The Bertz CT molecular complexity index is 1170. The smallest absolute Gasteiger partial charge is 0.244 e. The zero-order valence-corrected chi connectivity index (χ0v) is 16.1. The number of allylic oxidation sites excluding steroid dienone is 1. The fourth-order valence-electron chi connectivity index (χ4n) is 3.37. The molecule has 1 atom stereocenters. The third-order valence-corrected chi connectivity index (χ3v) is 4.93. The predicted molar refractivity (Wildman–Crippen MR) is 105 cm³/mol. The van der Waals surface area contributed by atoms with Crippen molar-refractivity contribution < 1.29 is 13.9 Å². The quantitative estimate of drug-likeness (QED) is 0.668. The Kier molecular flexibility index (Phi) is 4.87. The molecule has 3 aromatic rings. The lowest BCUT2D eigenvalue weighted by Crippen LogP contribution is -2.21. The summed E-state index contributed by atoms with van der Waals surface area (Å²) in [6, 6.07) is 13.4. The summed E-state index contributed by atoms with van der Waals surface area (Å²) in [5.41, 5.74) is 8.95. The van der Waals surface area contributed by atoms with E-state index in [0.29, 0.717) is 33.3 Å². The van der Waals surface area contributed by atoms with E-state index < -0.39 is 5.92 Å². The minimum atomic E-state index is -0.566. The van der Waals surface area contributed by atoms with E-state index in [2.05, 4.69) is 16.3 Å². The number of nitriles is 1. The average Bonchev–Trinajstić information content (AvgIpc) is 3.06. The molecule has 0 fully saturated rings. The van der Waals surface area contributed by atoms with Crippen LogP contribution in [-0.2, 0) is 6.61 Å². The van der Waals surface area contributed by atoms with Gasteiger partial charge in [-0.15, -0.1) is 5.10 Å². The number of aromatic nitrogens is 2. The molecule has 3 N–H and O–H groups in total. The van der Waals surface area contributed by atoms with Gasteiger partial charge < -0.3 is 15.2 Å². The average molecular weight is 411 g/mol. The third kappa shape index (κ3) is 3.50. The van der Waals surface area contributed by atoms with E-state index in [4.69, 9.17) is 26.8 Å². The molecule has 29 heavy (non-hydrogen) atoms. The van der Waals surface area contributed by atoms with Crippen molar-refractivity contribution in [1.29, 1.82) is 5.26 Å². The second kappa shape index (κ2) is 7.49. The molecule has 1 aromatic heterocycles. The van der Waals surface area contributed by atoms with Gasteiger partial charge in [0.1, 0.15) is 29.8 Å². The number of nitrogens with two attached hydrogens (primary N) is 1. The zero-order valence-electron chi connectivity index (χ0n) is 15.4. The minimum absolute atomic E-state index is 0.0208. The first-order chi connectivity index (χ1) is 14.0. The van der Waals surface area contributed by atoms with Crippen LogP contribution in [0.4, 0.5) is 4.39 Å². The zero-order chi connectivity index (χ0) is 20.5. The van der Waals surface area contributed by atoms with Crippen LogP contribution in [0, 0.1) is 24.1 Å². The maximum atomic E-state index is 13.5. The summed E-state index contributed by atoms with van der Waals surface area (Å²) in [6.45, 7) is 1.98. The molecule has 0 radical (unpaired) electrons. The predicted octanol–water partition coefficient (Wildman–Crippen LogP) is 4.31. The highest BCUT2D eigenvalue weighted by atomic mass is 35.5. The van der Waals surface area contributed by atoms with Crippen molar-refractivity contribution >= 4 is 11.6 Å². The molecule has 0 bridgehead atoms. The Morgan fingerprint density at radius 2 is 2.17 bits per heavy atom. The summed E-state index contributed by atoms with van der Waals surface area (Å²) in [5.74, 6) is -0.123. The number of halogens is 2. The largest absolute Gasteiger partial charge is 0.489 e. The van der Waals surface area contributed by atoms with E-state index in [-0.39, 0.29) is 23.9 Å². The van der Waals surface area contributed by atoms with Crippen molar-refractivity contribution in [2.75, 3.05) is 0 Å². The molecule has 1 aliphatic rings. The Labute approximate surface area is 171 Å². The molecule has 8 heteroatoms. The van der Waals surface area contributed by atoms with Gasteiger partial charge in [-0.25, -0.2) is 4.39 Å². The number of rotatable bonds is 4. The monoisotopic (exact) mass is 410 g/mol. The molecule has 2 aromatic carbocycles. The lowest BCUT2D eigenvalue weighted by atomic mass is 9.83. The van der Waals surface area contributed by atoms with E-state index in [0.717, 1.165) is 5.69 Å². The standard InChI is InChI=1S/C21H16ClFN4O2/c1-11-18-19(16(9-24)20(25)29-21(18)27-26-11)15-8-13(22)5-6-17(15)28-10-12-3-2-4-14(23)7-12/h2-8,19H,10,25H2,1H3,(H,26,27)/t19-/m1/s1.